The molecule has 10 nitrogen and oxygen atoms in total. The molecule has 0 amide bonds. The summed E-state index contributed by atoms with van der Waals surface area (Å²) in [7, 11) is -5.82. The lowest BCUT2D eigenvalue weighted by Gasteiger charge is -2.24. The first-order valence-electron chi connectivity index (χ1n) is 13.2. The fourth-order valence-electron chi connectivity index (χ4n) is 5.45. The van der Waals surface area contributed by atoms with Crippen LogP contribution in [-0.2, 0) is 42.5 Å². The minimum atomic E-state index is -4.18. The van der Waals surface area contributed by atoms with Gasteiger partial charge in [-0.1, -0.05) is 70.1 Å². The van der Waals surface area contributed by atoms with Crippen molar-refractivity contribution in [1.29, 1.82) is 0 Å². The predicted molar refractivity (Wildman–Crippen MR) is 167 cm³/mol. The maximum atomic E-state index is 13.6. The Labute approximate surface area is 261 Å². The van der Waals surface area contributed by atoms with Crippen LogP contribution in [0.15, 0.2) is 117 Å². The van der Waals surface area contributed by atoms with Crippen LogP contribution in [0.4, 0.5) is 11.4 Å². The number of hydrogen-bond donors (Lipinski definition) is 2. The van der Waals surface area contributed by atoms with Gasteiger partial charge in [0.25, 0.3) is 20.0 Å². The van der Waals surface area contributed by atoms with Crippen molar-refractivity contribution in [2.24, 2.45) is 0 Å². The molecule has 4 aromatic rings. The number of sulfonamides is 2. The van der Waals surface area contributed by atoms with Gasteiger partial charge in [0, 0.05) is 22.6 Å². The number of anilines is 2. The molecular formula is C30H24N2O8S4. The highest BCUT2D eigenvalue weighted by molar-refractivity contribution is 8.76. The van der Waals surface area contributed by atoms with Crippen LogP contribution in [0.1, 0.15) is 11.1 Å². The third kappa shape index (κ3) is 5.11. The van der Waals surface area contributed by atoms with E-state index in [1.165, 1.54) is 45.9 Å². The van der Waals surface area contributed by atoms with Gasteiger partial charge in [0.1, 0.15) is 12.1 Å². The van der Waals surface area contributed by atoms with Crippen LogP contribution in [0.2, 0.25) is 0 Å². The van der Waals surface area contributed by atoms with Crippen LogP contribution in [-0.4, -0.2) is 51.1 Å². The Morgan fingerprint density at radius 3 is 1.27 bits per heavy atom. The molecule has 2 heterocycles. The van der Waals surface area contributed by atoms with Crippen molar-refractivity contribution in [1.82, 2.24) is 0 Å². The zero-order valence-electron chi connectivity index (χ0n) is 22.7. The molecule has 44 heavy (non-hydrogen) atoms. The maximum absolute atomic E-state index is 13.6. The molecule has 0 saturated heterocycles. The molecule has 14 heteroatoms. The van der Waals surface area contributed by atoms with Crippen molar-refractivity contribution in [3.05, 3.63) is 108 Å². The zero-order chi connectivity index (χ0) is 31.2. The summed E-state index contributed by atoms with van der Waals surface area (Å²) in [4.78, 5) is 25.8. The van der Waals surface area contributed by atoms with Gasteiger partial charge in [-0.3, -0.25) is 8.61 Å². The summed E-state index contributed by atoms with van der Waals surface area (Å²) in [6.45, 7) is 0. The SMILES string of the molecule is O=C(O)C1Cc2c(SSc3cccc4c3CC(C(=O)O)N4S(=O)(=O)c3ccccc3)cccc2N1S(=O)(=O)c1ccccc1. The van der Waals surface area contributed by atoms with Crippen LogP contribution in [0.25, 0.3) is 0 Å². The van der Waals surface area contributed by atoms with Crippen LogP contribution in [0.5, 0.6) is 0 Å². The Morgan fingerprint density at radius 1 is 0.568 bits per heavy atom. The highest BCUT2D eigenvalue weighted by Gasteiger charge is 2.45. The number of nitrogens with zero attached hydrogens (tertiary/aromatic N) is 2. The van der Waals surface area contributed by atoms with Gasteiger partial charge in [0.05, 0.1) is 21.2 Å². The van der Waals surface area contributed by atoms with E-state index >= 15 is 0 Å². The van der Waals surface area contributed by atoms with E-state index in [4.69, 9.17) is 0 Å². The first kappa shape index (κ1) is 30.1. The molecule has 0 fully saturated rings. The molecule has 2 aliphatic heterocycles. The molecular weight excluding hydrogens is 645 g/mol. The molecule has 2 unspecified atom stereocenters. The van der Waals surface area contributed by atoms with Gasteiger partial charge in [-0.2, -0.15) is 0 Å². The van der Waals surface area contributed by atoms with Gasteiger partial charge in [-0.25, -0.2) is 26.4 Å². The van der Waals surface area contributed by atoms with Crippen LogP contribution < -0.4 is 8.61 Å². The fourth-order valence-corrected chi connectivity index (χ4v) is 11.3. The number of carbonyl (C=O) groups is 2. The number of carboxylic acids is 2. The zero-order valence-corrected chi connectivity index (χ0v) is 25.9. The summed E-state index contributed by atoms with van der Waals surface area (Å²) in [5, 5.41) is 20.0. The summed E-state index contributed by atoms with van der Waals surface area (Å²) in [6, 6.07) is 22.6. The van der Waals surface area contributed by atoms with E-state index in [9.17, 15) is 36.6 Å². The molecule has 2 N–H and O–H groups in total. The van der Waals surface area contributed by atoms with Crippen molar-refractivity contribution in [2.45, 2.75) is 44.5 Å². The molecule has 0 saturated carbocycles. The van der Waals surface area contributed by atoms with Gasteiger partial charge < -0.3 is 10.2 Å². The summed E-state index contributed by atoms with van der Waals surface area (Å²) < 4.78 is 56.2. The Hall–Kier alpha value is -3.98. The Kier molecular flexibility index (Phi) is 7.86. The van der Waals surface area contributed by atoms with E-state index in [2.05, 4.69) is 0 Å². The number of rotatable bonds is 9. The second-order valence-corrected chi connectivity index (χ2v) is 15.9. The molecule has 0 radical (unpaired) electrons. The molecule has 0 aromatic heterocycles. The van der Waals surface area contributed by atoms with Gasteiger partial charge in [-0.15, -0.1) is 0 Å². The standard InChI is InChI=1S/C30H24N2O8S4/c33-29(34)25-17-21-23(31(25)43(37,38)19-9-3-1-4-10-19)13-7-15-27(21)41-42-28-16-8-14-24-22(28)18-26(30(35)36)32(24)44(39,40)20-11-5-2-6-12-20/h1-16,25-26H,17-18H2,(H,33,34)(H,35,36). The van der Waals surface area contributed by atoms with E-state index in [1.54, 1.807) is 72.8 Å². The molecule has 0 spiro atoms. The Morgan fingerprint density at radius 2 is 0.932 bits per heavy atom. The minimum Gasteiger partial charge on any atom is -0.480 e. The molecule has 2 aliphatic rings. The lowest BCUT2D eigenvalue weighted by Crippen LogP contribution is -2.42. The first-order chi connectivity index (χ1) is 21.0. The van der Waals surface area contributed by atoms with Crippen LogP contribution in [0.3, 0.4) is 0 Å². The molecule has 6 rings (SSSR count). The van der Waals surface area contributed by atoms with Crippen LogP contribution >= 0.6 is 21.6 Å². The quantitative estimate of drug-likeness (QED) is 0.236. The molecule has 0 aliphatic carbocycles. The Bertz CT molecular complexity index is 1840. The normalized spacial score (nSPS) is 17.7. The Balaban J connectivity index is 1.34. The second kappa shape index (κ2) is 11.5. The number of fused-ring (bicyclic) bond motifs is 2. The van der Waals surface area contributed by atoms with E-state index in [0.29, 0.717) is 20.9 Å². The fraction of sp³-hybridized carbons (Fsp3) is 0.133. The van der Waals surface area contributed by atoms with E-state index < -0.39 is 44.1 Å². The van der Waals surface area contributed by atoms with E-state index in [-0.39, 0.29) is 34.0 Å². The van der Waals surface area contributed by atoms with Gasteiger partial charge in [0.2, 0.25) is 0 Å². The number of benzene rings is 4. The lowest BCUT2D eigenvalue weighted by atomic mass is 10.1. The van der Waals surface area contributed by atoms with E-state index in [1.807, 2.05) is 0 Å². The summed E-state index contributed by atoms with van der Waals surface area (Å²) in [6.07, 6.45) is -0.0882. The number of aliphatic carboxylic acids is 2. The summed E-state index contributed by atoms with van der Waals surface area (Å²) in [5.41, 5.74) is 1.66. The van der Waals surface area contributed by atoms with Crippen molar-refractivity contribution < 1.29 is 36.6 Å². The molecule has 4 aromatic carbocycles. The predicted octanol–water partition coefficient (Wildman–Crippen LogP) is 4.90. The third-order valence-corrected chi connectivity index (χ3v) is 13.7. The van der Waals surface area contributed by atoms with Crippen molar-refractivity contribution in [3.63, 3.8) is 0 Å². The van der Waals surface area contributed by atoms with Crippen molar-refractivity contribution in [3.8, 4) is 0 Å². The maximum Gasteiger partial charge on any atom is 0.327 e. The second-order valence-electron chi connectivity index (χ2n) is 10.0. The van der Waals surface area contributed by atoms with E-state index in [0.717, 1.165) is 8.61 Å². The van der Waals surface area contributed by atoms with Gasteiger partial charge in [-0.05, 0) is 59.7 Å². The first-order valence-corrected chi connectivity index (χ1v) is 18.3. The average molecular weight is 669 g/mol. The summed E-state index contributed by atoms with van der Waals surface area (Å²) in [5.74, 6) is -2.55. The highest BCUT2D eigenvalue weighted by atomic mass is 33.1. The molecule has 2 atom stereocenters. The summed E-state index contributed by atoms with van der Waals surface area (Å²) >= 11 is 0. The molecule has 226 valence electrons. The van der Waals surface area contributed by atoms with Gasteiger partial charge >= 0.3 is 11.9 Å². The largest absolute Gasteiger partial charge is 0.480 e. The number of hydrogen-bond acceptors (Lipinski definition) is 8. The average Bonchev–Trinajstić information content (AvgIpc) is 3.62. The number of carboxylic acid groups (broad SMARTS) is 2. The smallest absolute Gasteiger partial charge is 0.327 e. The molecule has 0 bridgehead atoms. The topological polar surface area (TPSA) is 149 Å². The highest BCUT2D eigenvalue weighted by Crippen LogP contribution is 2.49. The van der Waals surface area contributed by atoms with Crippen molar-refractivity contribution >= 4 is 64.9 Å². The van der Waals surface area contributed by atoms with Crippen molar-refractivity contribution in [2.75, 3.05) is 8.61 Å². The minimum absolute atomic E-state index is 0.0191. The monoisotopic (exact) mass is 668 g/mol. The van der Waals surface area contributed by atoms with Gasteiger partial charge in [0.15, 0.2) is 0 Å². The third-order valence-electron chi connectivity index (χ3n) is 7.44. The lowest BCUT2D eigenvalue weighted by molar-refractivity contribution is -0.139. The van der Waals surface area contributed by atoms with Crippen LogP contribution in [0, 0.1) is 0 Å².